The summed E-state index contributed by atoms with van der Waals surface area (Å²) in [6, 6.07) is 9.99. The number of ketones is 1. The van der Waals surface area contributed by atoms with E-state index in [9.17, 15) is 9.59 Å². The Morgan fingerprint density at radius 2 is 1.96 bits per heavy atom. The molecule has 0 spiro atoms. The summed E-state index contributed by atoms with van der Waals surface area (Å²) in [4.78, 5) is 28.1. The highest BCUT2D eigenvalue weighted by molar-refractivity contribution is 7.14. The molecule has 1 N–H and O–H groups in total. The van der Waals surface area contributed by atoms with E-state index < -0.39 is 0 Å². The molecule has 1 aromatic carbocycles. The molecule has 6 heteroatoms. The van der Waals surface area contributed by atoms with E-state index in [1.165, 1.54) is 23.8 Å². The highest BCUT2D eigenvalue weighted by Gasteiger charge is 2.13. The molecule has 0 aliphatic rings. The highest BCUT2D eigenvalue weighted by Crippen LogP contribution is 2.25. The Bertz CT molecular complexity index is 954. The van der Waals surface area contributed by atoms with Crippen molar-refractivity contribution in [3.05, 3.63) is 58.4 Å². The number of hydrogen-bond acceptors (Lipinski definition) is 5. The van der Waals surface area contributed by atoms with Gasteiger partial charge in [0.1, 0.15) is 11.5 Å². The second kappa shape index (κ2) is 8.31. The first-order chi connectivity index (χ1) is 13.0. The van der Waals surface area contributed by atoms with E-state index in [4.69, 9.17) is 4.42 Å². The van der Waals surface area contributed by atoms with Crippen molar-refractivity contribution < 1.29 is 14.0 Å². The molecular formula is C21H22N2O3S. The Balaban J connectivity index is 1.57. The van der Waals surface area contributed by atoms with Gasteiger partial charge >= 0.3 is 0 Å². The van der Waals surface area contributed by atoms with Crippen molar-refractivity contribution in [2.45, 2.75) is 40.0 Å². The van der Waals surface area contributed by atoms with Crippen LogP contribution in [0.3, 0.4) is 0 Å². The Kier molecular flexibility index (Phi) is 5.86. The first-order valence-electron chi connectivity index (χ1n) is 8.91. The molecule has 0 saturated heterocycles. The molecule has 0 fully saturated rings. The molecule has 3 rings (SSSR count). The van der Waals surface area contributed by atoms with Crippen molar-refractivity contribution in [3.63, 3.8) is 0 Å². The predicted molar refractivity (Wildman–Crippen MR) is 107 cm³/mol. The maximum absolute atomic E-state index is 12.2. The maximum Gasteiger partial charge on any atom is 0.226 e. The molecule has 27 heavy (non-hydrogen) atoms. The van der Waals surface area contributed by atoms with Crippen LogP contribution in [0.1, 0.15) is 47.7 Å². The number of furan rings is 1. The van der Waals surface area contributed by atoms with Gasteiger partial charge in [0.2, 0.25) is 5.91 Å². The van der Waals surface area contributed by atoms with Crippen LogP contribution in [0, 0.1) is 6.92 Å². The average Bonchev–Trinajstić information content (AvgIpc) is 3.26. The van der Waals surface area contributed by atoms with Crippen molar-refractivity contribution >= 4 is 28.2 Å². The number of anilines is 1. The number of Topliss-reactive ketones (excluding diaryl/α,β-unsaturated/α-hetero) is 1. The lowest BCUT2D eigenvalue weighted by molar-refractivity contribution is -0.116. The standard InChI is InChI=1S/C21H22N2O3S/c1-4-15-5-7-16(8-6-15)19-12-27-21(22-19)23-20(25)10-9-17-11-18(13(2)24)14(3)26-17/h5-8,11-12H,4,9-10H2,1-3H3,(H,22,23,25). The fraction of sp³-hybridized carbons (Fsp3) is 0.286. The Morgan fingerprint density at radius 1 is 1.22 bits per heavy atom. The molecule has 140 valence electrons. The van der Waals surface area contributed by atoms with Crippen LogP contribution in [-0.4, -0.2) is 16.7 Å². The Morgan fingerprint density at radius 3 is 2.59 bits per heavy atom. The van der Waals surface area contributed by atoms with E-state index >= 15 is 0 Å². The molecule has 0 aliphatic carbocycles. The summed E-state index contributed by atoms with van der Waals surface area (Å²) in [5, 5.41) is 5.34. The number of benzene rings is 1. The Hall–Kier alpha value is -2.73. The molecule has 3 aromatic rings. The van der Waals surface area contributed by atoms with Crippen molar-refractivity contribution in [2.75, 3.05) is 5.32 Å². The van der Waals surface area contributed by atoms with Gasteiger partial charge in [-0.1, -0.05) is 31.2 Å². The van der Waals surface area contributed by atoms with Crippen LogP contribution in [0.25, 0.3) is 11.3 Å². The van der Waals surface area contributed by atoms with Crippen LogP contribution in [0.2, 0.25) is 0 Å². The normalized spacial score (nSPS) is 10.8. The molecule has 0 aliphatic heterocycles. The van der Waals surface area contributed by atoms with E-state index in [-0.39, 0.29) is 18.1 Å². The van der Waals surface area contributed by atoms with Crippen molar-refractivity contribution in [1.82, 2.24) is 4.98 Å². The van der Waals surface area contributed by atoms with Gasteiger partial charge in [-0.3, -0.25) is 9.59 Å². The van der Waals surface area contributed by atoms with Crippen LogP contribution in [0.4, 0.5) is 5.13 Å². The van der Waals surface area contributed by atoms with Crippen LogP contribution in [-0.2, 0) is 17.6 Å². The van der Waals surface area contributed by atoms with Crippen molar-refractivity contribution in [3.8, 4) is 11.3 Å². The summed E-state index contributed by atoms with van der Waals surface area (Å²) in [6.45, 7) is 5.38. The van der Waals surface area contributed by atoms with Crippen LogP contribution >= 0.6 is 11.3 Å². The third-order valence-corrected chi connectivity index (χ3v) is 5.11. The minimum atomic E-state index is -0.129. The summed E-state index contributed by atoms with van der Waals surface area (Å²) in [5.41, 5.74) is 3.74. The minimum absolute atomic E-state index is 0.0331. The van der Waals surface area contributed by atoms with E-state index in [1.807, 2.05) is 17.5 Å². The van der Waals surface area contributed by atoms with Crippen LogP contribution < -0.4 is 5.32 Å². The molecule has 2 aromatic heterocycles. The van der Waals surface area contributed by atoms with Gasteiger partial charge < -0.3 is 9.73 Å². The van der Waals surface area contributed by atoms with Crippen LogP contribution in [0.5, 0.6) is 0 Å². The van der Waals surface area contributed by atoms with Gasteiger partial charge in [-0.05, 0) is 31.9 Å². The summed E-state index contributed by atoms with van der Waals surface area (Å²) in [6.07, 6.45) is 1.71. The van der Waals surface area contributed by atoms with Crippen molar-refractivity contribution in [2.24, 2.45) is 0 Å². The topological polar surface area (TPSA) is 72.2 Å². The monoisotopic (exact) mass is 382 g/mol. The number of nitrogens with zero attached hydrogens (tertiary/aromatic N) is 1. The first kappa shape index (κ1) is 19.0. The van der Waals surface area contributed by atoms with Crippen molar-refractivity contribution in [1.29, 1.82) is 0 Å². The molecule has 0 radical (unpaired) electrons. The maximum atomic E-state index is 12.2. The number of carbonyl (C=O) groups excluding carboxylic acids is 2. The predicted octanol–water partition coefficient (Wildman–Crippen LogP) is 5.05. The summed E-state index contributed by atoms with van der Waals surface area (Å²) < 4.78 is 5.54. The second-order valence-corrected chi connectivity index (χ2v) is 7.23. The zero-order valence-electron chi connectivity index (χ0n) is 15.7. The fourth-order valence-corrected chi connectivity index (χ4v) is 3.55. The van der Waals surface area contributed by atoms with Gasteiger partial charge in [-0.2, -0.15) is 0 Å². The number of nitrogens with one attached hydrogen (secondary N) is 1. The molecular weight excluding hydrogens is 360 g/mol. The molecule has 5 nitrogen and oxygen atoms in total. The van der Waals surface area contributed by atoms with Gasteiger partial charge in [-0.15, -0.1) is 11.3 Å². The quantitative estimate of drug-likeness (QED) is 0.581. The number of carbonyl (C=O) groups is 2. The lowest BCUT2D eigenvalue weighted by atomic mass is 10.1. The van der Waals surface area contributed by atoms with Gasteiger partial charge in [0, 0.05) is 23.8 Å². The first-order valence-corrected chi connectivity index (χ1v) is 9.79. The molecule has 0 atom stereocenters. The SMILES string of the molecule is CCc1ccc(-c2csc(NC(=O)CCc3cc(C(C)=O)c(C)o3)n2)cc1. The van der Waals surface area contributed by atoms with E-state index in [1.54, 1.807) is 13.0 Å². The number of thiazole rings is 1. The lowest BCUT2D eigenvalue weighted by Crippen LogP contribution is -2.11. The smallest absolute Gasteiger partial charge is 0.226 e. The van der Waals surface area contributed by atoms with Gasteiger partial charge in [-0.25, -0.2) is 4.98 Å². The highest BCUT2D eigenvalue weighted by atomic mass is 32.1. The lowest BCUT2D eigenvalue weighted by Gasteiger charge is -2.01. The summed E-state index contributed by atoms with van der Waals surface area (Å²) >= 11 is 1.40. The zero-order valence-corrected chi connectivity index (χ0v) is 16.5. The number of rotatable bonds is 7. The average molecular weight is 382 g/mol. The molecule has 2 heterocycles. The summed E-state index contributed by atoms with van der Waals surface area (Å²) in [7, 11) is 0. The largest absolute Gasteiger partial charge is 0.466 e. The van der Waals surface area contributed by atoms with Gasteiger partial charge in [0.15, 0.2) is 10.9 Å². The van der Waals surface area contributed by atoms with Gasteiger partial charge in [0.25, 0.3) is 0 Å². The molecule has 0 bridgehead atoms. The number of hydrogen-bond donors (Lipinski definition) is 1. The molecule has 1 amide bonds. The van der Waals surface area contributed by atoms with Crippen LogP contribution in [0.15, 0.2) is 40.1 Å². The molecule has 0 saturated carbocycles. The number of aryl methyl sites for hydroxylation is 3. The Labute approximate surface area is 162 Å². The third-order valence-electron chi connectivity index (χ3n) is 4.36. The number of aromatic nitrogens is 1. The summed E-state index contributed by atoms with van der Waals surface area (Å²) in [5.74, 6) is 1.07. The van der Waals surface area contributed by atoms with E-state index in [0.717, 1.165) is 17.7 Å². The molecule has 0 unspecified atom stereocenters. The zero-order chi connectivity index (χ0) is 19.4. The second-order valence-electron chi connectivity index (χ2n) is 6.38. The van der Waals surface area contributed by atoms with E-state index in [2.05, 4.69) is 29.4 Å². The minimum Gasteiger partial charge on any atom is -0.466 e. The van der Waals surface area contributed by atoms with E-state index in [0.29, 0.717) is 28.6 Å². The van der Waals surface area contributed by atoms with Gasteiger partial charge in [0.05, 0.1) is 11.3 Å². The fourth-order valence-electron chi connectivity index (χ4n) is 2.81. The third kappa shape index (κ3) is 4.71. The number of amides is 1.